The molecule has 0 bridgehead atoms. The molecular weight excluding hydrogens is 993 g/mol. The van der Waals surface area contributed by atoms with E-state index in [1.54, 1.807) is 4.90 Å². The van der Waals surface area contributed by atoms with Gasteiger partial charge in [-0.05, 0) is 96.3 Å². The molecular formula is C67H80N2O6S2. The van der Waals surface area contributed by atoms with E-state index in [9.17, 15) is 29.4 Å². The normalized spacial score (nSPS) is 17.5. The van der Waals surface area contributed by atoms with Crippen LogP contribution in [0.1, 0.15) is 136 Å². The van der Waals surface area contributed by atoms with E-state index in [0.717, 1.165) is 88.6 Å². The Morgan fingerprint density at radius 3 is 1.08 bits per heavy atom. The highest BCUT2D eigenvalue weighted by atomic mass is 32.2. The van der Waals surface area contributed by atoms with Crippen LogP contribution in [0.15, 0.2) is 182 Å². The van der Waals surface area contributed by atoms with Crippen molar-refractivity contribution in [1.29, 1.82) is 0 Å². The first-order valence-electron chi connectivity index (χ1n) is 28.3. The second-order valence-electron chi connectivity index (χ2n) is 20.8. The Labute approximate surface area is 467 Å². The van der Waals surface area contributed by atoms with Gasteiger partial charge in [-0.1, -0.05) is 233 Å². The van der Waals surface area contributed by atoms with Gasteiger partial charge in [0, 0.05) is 20.1 Å². The maximum atomic E-state index is 13.0. The molecule has 0 radical (unpaired) electrons. The monoisotopic (exact) mass is 1070 g/mol. The Morgan fingerprint density at radius 1 is 0.429 bits per heavy atom. The predicted octanol–water partition coefficient (Wildman–Crippen LogP) is 14.9. The fraction of sp³-hybridized carbons (Fsp3) is 0.403. The number of hydrogen-bond acceptors (Lipinski definition) is 6. The molecule has 2 fully saturated rings. The number of carboxylic acid groups (broad SMARTS) is 2. The second kappa shape index (κ2) is 30.7. The van der Waals surface area contributed by atoms with E-state index in [1.165, 1.54) is 33.4 Å². The molecule has 0 spiro atoms. The quantitative estimate of drug-likeness (QED) is 0.0362. The van der Waals surface area contributed by atoms with Crippen LogP contribution >= 0.6 is 23.5 Å². The third kappa shape index (κ3) is 15.8. The number of carbonyl (C=O) groups is 4. The molecule has 2 amide bonds. The first kappa shape index (κ1) is 58.6. The highest BCUT2D eigenvalue weighted by molar-refractivity contribution is 8.00. The number of amides is 2. The minimum Gasteiger partial charge on any atom is -0.481 e. The van der Waals surface area contributed by atoms with Crippen LogP contribution in [-0.4, -0.2) is 70.5 Å². The summed E-state index contributed by atoms with van der Waals surface area (Å²) in [5.41, 5.74) is 7.72. The van der Waals surface area contributed by atoms with E-state index in [-0.39, 0.29) is 33.1 Å². The average molecular weight is 1070 g/mol. The van der Waals surface area contributed by atoms with E-state index in [2.05, 4.69) is 187 Å². The standard InChI is InChI=1S/C34H41NO3S.C33H39NO3S/c1-35(32(36)30-23-13-14-24-31(30)33(37)38)25-15-2-3-16-26-39-34(27-17-7-4-8-18-27,28-19-9-5-10-20-28)29-21-11-6-12-22-29;35-31(29-22-12-13-23-30(29)32(36)37)34-24-14-1-2-15-25-38-33(26-16-6-3-7-17-26,27-18-8-4-9-19-27)28-20-10-5-11-21-28/h4-12,17-22,30-31H,2-3,13-16,23-26H2,1H3,(H,37,38);3-11,16-21,29-30H,1-2,12-15,22-25H2,(H,34,35)(H,36,37)/t30-,31+;29-,30+/m00/s1. The molecule has 0 heterocycles. The molecule has 2 aliphatic rings. The van der Waals surface area contributed by atoms with E-state index in [1.807, 2.05) is 30.6 Å². The average Bonchev–Trinajstić information content (AvgIpc) is 3.50. The van der Waals surface area contributed by atoms with E-state index >= 15 is 0 Å². The molecule has 2 saturated carbocycles. The number of benzene rings is 6. The van der Waals surface area contributed by atoms with Gasteiger partial charge in [0.05, 0.1) is 33.2 Å². The molecule has 6 aromatic rings. The first-order chi connectivity index (χ1) is 37.7. The van der Waals surface area contributed by atoms with Crippen LogP contribution < -0.4 is 5.32 Å². The van der Waals surface area contributed by atoms with Crippen LogP contribution in [0.5, 0.6) is 0 Å². The summed E-state index contributed by atoms with van der Waals surface area (Å²) >= 11 is 3.99. The number of carboxylic acids is 2. The molecule has 2 aliphatic carbocycles. The minimum atomic E-state index is -0.833. The number of rotatable bonds is 26. The summed E-state index contributed by atoms with van der Waals surface area (Å²) in [5.74, 6) is -1.47. The molecule has 0 aliphatic heterocycles. The maximum Gasteiger partial charge on any atom is 0.307 e. The minimum absolute atomic E-state index is 0.0102. The summed E-state index contributed by atoms with van der Waals surface area (Å²) in [4.78, 5) is 50.4. The van der Waals surface area contributed by atoms with Gasteiger partial charge in [0.25, 0.3) is 0 Å². The van der Waals surface area contributed by atoms with Gasteiger partial charge >= 0.3 is 11.9 Å². The molecule has 8 rings (SSSR count). The number of thioether (sulfide) groups is 2. The predicted molar refractivity (Wildman–Crippen MR) is 317 cm³/mol. The van der Waals surface area contributed by atoms with Gasteiger partial charge in [-0.25, -0.2) is 0 Å². The smallest absolute Gasteiger partial charge is 0.307 e. The van der Waals surface area contributed by atoms with Crippen molar-refractivity contribution in [3.63, 3.8) is 0 Å². The molecule has 10 heteroatoms. The lowest BCUT2D eigenvalue weighted by atomic mass is 9.78. The van der Waals surface area contributed by atoms with E-state index < -0.39 is 23.8 Å². The fourth-order valence-corrected chi connectivity index (χ4v) is 14.7. The van der Waals surface area contributed by atoms with Gasteiger partial charge in [-0.3, -0.25) is 19.2 Å². The number of aliphatic carboxylic acids is 2. The van der Waals surface area contributed by atoms with Crippen molar-refractivity contribution < 1.29 is 29.4 Å². The van der Waals surface area contributed by atoms with Crippen LogP contribution in [0, 0.1) is 23.7 Å². The van der Waals surface area contributed by atoms with Crippen LogP contribution in [0.2, 0.25) is 0 Å². The summed E-state index contributed by atoms with van der Waals surface area (Å²) in [6, 6.07) is 64.8. The molecule has 0 aromatic heterocycles. The third-order valence-electron chi connectivity index (χ3n) is 15.7. The summed E-state index contributed by atoms with van der Waals surface area (Å²) in [6.45, 7) is 1.31. The summed E-state index contributed by atoms with van der Waals surface area (Å²) in [7, 11) is 1.83. The highest BCUT2D eigenvalue weighted by Gasteiger charge is 2.40. The highest BCUT2D eigenvalue weighted by Crippen LogP contribution is 2.50. The zero-order valence-electron chi connectivity index (χ0n) is 45.1. The van der Waals surface area contributed by atoms with Gasteiger partial charge in [0.2, 0.25) is 11.8 Å². The largest absolute Gasteiger partial charge is 0.481 e. The zero-order chi connectivity index (χ0) is 54.1. The van der Waals surface area contributed by atoms with E-state index in [4.69, 9.17) is 0 Å². The van der Waals surface area contributed by atoms with Crippen molar-refractivity contribution in [2.24, 2.45) is 23.7 Å². The van der Waals surface area contributed by atoms with Crippen molar-refractivity contribution in [2.45, 2.75) is 112 Å². The molecule has 6 aromatic carbocycles. The molecule has 3 N–H and O–H groups in total. The van der Waals surface area contributed by atoms with Crippen molar-refractivity contribution in [3.05, 3.63) is 215 Å². The SMILES string of the molecule is CN(CCCCCCSC(c1ccccc1)(c1ccccc1)c1ccccc1)C(=O)[C@H]1CCCC[C@H]1C(=O)O.O=C(NCCCCCCSC(c1ccccc1)(c1ccccc1)c1ccccc1)[C@H]1CCCC[C@H]1C(=O)O. The van der Waals surface area contributed by atoms with E-state index in [0.29, 0.717) is 38.8 Å². The Morgan fingerprint density at radius 2 is 0.727 bits per heavy atom. The fourth-order valence-electron chi connectivity index (χ4n) is 11.6. The lowest BCUT2D eigenvalue weighted by molar-refractivity contribution is -0.151. The van der Waals surface area contributed by atoms with Crippen molar-refractivity contribution in [2.75, 3.05) is 31.6 Å². The van der Waals surface area contributed by atoms with Gasteiger partial charge in [-0.2, -0.15) is 0 Å². The molecule has 0 saturated heterocycles. The number of carbonyl (C=O) groups excluding carboxylic acids is 2. The van der Waals surface area contributed by atoms with Crippen molar-refractivity contribution in [1.82, 2.24) is 10.2 Å². The zero-order valence-corrected chi connectivity index (χ0v) is 46.7. The Kier molecular flexibility index (Phi) is 23.4. The summed E-state index contributed by atoms with van der Waals surface area (Å²) < 4.78 is -0.560. The van der Waals surface area contributed by atoms with Crippen molar-refractivity contribution >= 4 is 47.3 Å². The Hall–Kier alpha value is -6.10. The molecule has 77 heavy (non-hydrogen) atoms. The van der Waals surface area contributed by atoms with Gasteiger partial charge in [0.1, 0.15) is 0 Å². The third-order valence-corrected chi connectivity index (χ3v) is 18.9. The molecule has 406 valence electrons. The summed E-state index contributed by atoms with van der Waals surface area (Å²) in [6.07, 6.45) is 14.7. The van der Waals surface area contributed by atoms with Crippen LogP contribution in [0.3, 0.4) is 0 Å². The molecule has 4 atom stereocenters. The lowest BCUT2D eigenvalue weighted by Gasteiger charge is -2.35. The van der Waals surface area contributed by atoms with Gasteiger partial charge in [-0.15, -0.1) is 23.5 Å². The first-order valence-corrected chi connectivity index (χ1v) is 30.2. The van der Waals surface area contributed by atoms with Crippen molar-refractivity contribution in [3.8, 4) is 0 Å². The maximum absolute atomic E-state index is 13.0. The molecule has 8 nitrogen and oxygen atoms in total. The van der Waals surface area contributed by atoms with Gasteiger partial charge < -0.3 is 20.4 Å². The molecule has 0 unspecified atom stereocenters. The van der Waals surface area contributed by atoms with Crippen LogP contribution in [0.4, 0.5) is 0 Å². The number of unbranched alkanes of at least 4 members (excludes halogenated alkanes) is 6. The number of nitrogens with zero attached hydrogens (tertiary/aromatic N) is 1. The Bertz CT molecular complexity index is 2490. The summed E-state index contributed by atoms with van der Waals surface area (Å²) in [5, 5.41) is 22.0. The van der Waals surface area contributed by atoms with Crippen LogP contribution in [-0.2, 0) is 28.7 Å². The number of hydrogen-bond donors (Lipinski definition) is 3. The Balaban J connectivity index is 0.000000224. The lowest BCUT2D eigenvalue weighted by Crippen LogP contribution is -2.41. The topological polar surface area (TPSA) is 124 Å². The van der Waals surface area contributed by atoms with Crippen LogP contribution in [0.25, 0.3) is 0 Å². The van der Waals surface area contributed by atoms with Gasteiger partial charge in [0.15, 0.2) is 0 Å². The second-order valence-corrected chi connectivity index (χ2v) is 23.4. The number of nitrogens with one attached hydrogen (secondary N) is 1.